The van der Waals surface area contributed by atoms with Gasteiger partial charge >= 0.3 is 0 Å². The van der Waals surface area contributed by atoms with Crippen LogP contribution in [0.5, 0.6) is 0 Å². The molecule has 0 unspecified atom stereocenters. The van der Waals surface area contributed by atoms with E-state index in [1.807, 2.05) is 6.07 Å². The predicted molar refractivity (Wildman–Crippen MR) is 96.7 cm³/mol. The third-order valence-corrected chi connectivity index (χ3v) is 5.05. The highest BCUT2D eigenvalue weighted by Gasteiger charge is 2.39. The molecular formula is C16H22N6O3S. The molecule has 0 aliphatic carbocycles. The molecule has 2 atom stereocenters. The van der Waals surface area contributed by atoms with E-state index in [0.29, 0.717) is 30.0 Å². The van der Waals surface area contributed by atoms with Crippen molar-refractivity contribution < 1.29 is 13.2 Å². The fraction of sp³-hybridized carbons (Fsp3) is 0.500. The monoisotopic (exact) mass is 378 g/mol. The predicted octanol–water partition coefficient (Wildman–Crippen LogP) is -0.485. The van der Waals surface area contributed by atoms with Crippen LogP contribution in [0, 0.1) is 5.92 Å². The average Bonchev–Trinajstić information content (AvgIpc) is 2.59. The molecule has 1 aliphatic heterocycles. The SMILES string of the molecule is C[C@@H]1CNC[C@](NC(=O)CNS(C)(=O)=O)(c2ccnc3nccnc23)C1. The van der Waals surface area contributed by atoms with Gasteiger partial charge in [0.2, 0.25) is 15.9 Å². The number of carbonyl (C=O) groups excluding carboxylic acids is 1. The molecule has 3 rings (SSSR count). The first-order valence-electron chi connectivity index (χ1n) is 8.32. The molecule has 0 saturated carbocycles. The maximum atomic E-state index is 12.5. The van der Waals surface area contributed by atoms with E-state index in [4.69, 9.17) is 0 Å². The second kappa shape index (κ2) is 7.22. The number of hydrogen-bond donors (Lipinski definition) is 3. The Morgan fingerprint density at radius 3 is 2.77 bits per heavy atom. The van der Waals surface area contributed by atoms with E-state index in [1.54, 1.807) is 18.6 Å². The summed E-state index contributed by atoms with van der Waals surface area (Å²) in [6, 6.07) is 1.83. The molecule has 0 bridgehead atoms. The smallest absolute Gasteiger partial charge is 0.235 e. The Bertz CT molecular complexity index is 914. The molecule has 1 saturated heterocycles. The van der Waals surface area contributed by atoms with E-state index in [2.05, 4.69) is 37.2 Å². The molecule has 26 heavy (non-hydrogen) atoms. The quantitative estimate of drug-likeness (QED) is 0.641. The number of amides is 1. The summed E-state index contributed by atoms with van der Waals surface area (Å²) in [5.74, 6) is -0.0908. The molecule has 1 amide bonds. The van der Waals surface area contributed by atoms with E-state index in [-0.39, 0.29) is 6.54 Å². The molecule has 1 aliphatic rings. The Labute approximate surface area is 152 Å². The van der Waals surface area contributed by atoms with Crippen molar-refractivity contribution in [2.45, 2.75) is 18.9 Å². The van der Waals surface area contributed by atoms with Crippen molar-refractivity contribution in [3.8, 4) is 0 Å². The second-order valence-electron chi connectivity index (χ2n) is 6.75. The van der Waals surface area contributed by atoms with Crippen molar-refractivity contribution >= 4 is 27.1 Å². The van der Waals surface area contributed by atoms with Gasteiger partial charge in [0.15, 0.2) is 5.65 Å². The number of aromatic nitrogens is 3. The lowest BCUT2D eigenvalue weighted by Gasteiger charge is -2.41. The molecule has 0 radical (unpaired) electrons. The molecule has 140 valence electrons. The highest BCUT2D eigenvalue weighted by atomic mass is 32.2. The van der Waals surface area contributed by atoms with E-state index < -0.39 is 21.5 Å². The van der Waals surface area contributed by atoms with Crippen LogP contribution in [0.1, 0.15) is 18.9 Å². The van der Waals surface area contributed by atoms with Crippen LogP contribution in [0.25, 0.3) is 11.2 Å². The maximum absolute atomic E-state index is 12.5. The largest absolute Gasteiger partial charge is 0.344 e. The molecule has 2 aromatic rings. The lowest BCUT2D eigenvalue weighted by Crippen LogP contribution is -2.58. The molecule has 9 nitrogen and oxygen atoms in total. The Kier molecular flexibility index (Phi) is 5.17. The van der Waals surface area contributed by atoms with Gasteiger partial charge in [0.05, 0.1) is 18.3 Å². The molecule has 3 N–H and O–H groups in total. The van der Waals surface area contributed by atoms with E-state index in [9.17, 15) is 13.2 Å². The van der Waals surface area contributed by atoms with Crippen molar-refractivity contribution in [2.75, 3.05) is 25.9 Å². The normalized spacial score (nSPS) is 23.7. The lowest BCUT2D eigenvalue weighted by atomic mass is 9.78. The summed E-state index contributed by atoms with van der Waals surface area (Å²) in [6.07, 6.45) is 6.52. The molecule has 0 spiro atoms. The van der Waals surface area contributed by atoms with E-state index >= 15 is 0 Å². The van der Waals surface area contributed by atoms with Crippen LogP contribution >= 0.6 is 0 Å². The number of nitrogens with one attached hydrogen (secondary N) is 3. The number of fused-ring (bicyclic) bond motifs is 1. The van der Waals surface area contributed by atoms with Gasteiger partial charge in [0.1, 0.15) is 5.52 Å². The van der Waals surface area contributed by atoms with Gasteiger partial charge in [-0.05, 0) is 24.9 Å². The standard InChI is InChI=1S/C16H22N6O3S/c1-11-7-16(10-17-8-11,22-13(23)9-21-26(2,24)25)12-3-4-19-15-14(12)18-5-6-20-15/h3-6,11,17,21H,7-10H2,1-2H3,(H,22,23)/t11-,16-/m0/s1. The van der Waals surface area contributed by atoms with Gasteiger partial charge in [-0.15, -0.1) is 0 Å². The first-order chi connectivity index (χ1) is 12.3. The van der Waals surface area contributed by atoms with Crippen LogP contribution in [-0.4, -0.2) is 55.2 Å². The third kappa shape index (κ3) is 4.14. The highest BCUT2D eigenvalue weighted by molar-refractivity contribution is 7.88. The number of piperidine rings is 1. The molecule has 3 heterocycles. The molecule has 0 aromatic carbocycles. The minimum absolute atomic E-state index is 0.312. The summed E-state index contributed by atoms with van der Waals surface area (Å²) >= 11 is 0. The number of hydrogen-bond acceptors (Lipinski definition) is 7. The van der Waals surface area contributed by atoms with Crippen LogP contribution in [0.2, 0.25) is 0 Å². The van der Waals surface area contributed by atoms with Crippen molar-refractivity contribution in [2.24, 2.45) is 5.92 Å². The Hall–Kier alpha value is -2.17. The van der Waals surface area contributed by atoms with Gasteiger partial charge in [-0.3, -0.25) is 9.78 Å². The lowest BCUT2D eigenvalue weighted by molar-refractivity contribution is -0.122. The fourth-order valence-electron chi connectivity index (χ4n) is 3.41. The zero-order valence-corrected chi connectivity index (χ0v) is 15.5. The minimum Gasteiger partial charge on any atom is -0.344 e. The van der Waals surface area contributed by atoms with Crippen molar-refractivity contribution in [1.29, 1.82) is 0 Å². The van der Waals surface area contributed by atoms with Crippen LogP contribution in [0.15, 0.2) is 24.7 Å². The third-order valence-electron chi connectivity index (χ3n) is 4.38. The number of nitrogens with zero attached hydrogens (tertiary/aromatic N) is 3. The summed E-state index contributed by atoms with van der Waals surface area (Å²) in [5.41, 5.74) is 1.24. The first-order valence-corrected chi connectivity index (χ1v) is 10.2. The zero-order chi connectivity index (χ0) is 18.8. The number of carbonyl (C=O) groups is 1. The van der Waals surface area contributed by atoms with Crippen molar-refractivity contribution in [3.05, 3.63) is 30.2 Å². The number of rotatable bonds is 5. The fourth-order valence-corrected chi connectivity index (χ4v) is 3.80. The molecule has 1 fully saturated rings. The van der Waals surface area contributed by atoms with Gasteiger partial charge in [0, 0.05) is 30.7 Å². The summed E-state index contributed by atoms with van der Waals surface area (Å²) in [4.78, 5) is 25.3. The molecule has 2 aromatic heterocycles. The zero-order valence-electron chi connectivity index (χ0n) is 14.7. The summed E-state index contributed by atoms with van der Waals surface area (Å²) in [6.45, 7) is 3.13. The summed E-state index contributed by atoms with van der Waals surface area (Å²) in [5, 5.41) is 6.36. The summed E-state index contributed by atoms with van der Waals surface area (Å²) in [7, 11) is -3.45. The van der Waals surface area contributed by atoms with Crippen molar-refractivity contribution in [3.63, 3.8) is 0 Å². The Morgan fingerprint density at radius 2 is 2.04 bits per heavy atom. The van der Waals surface area contributed by atoms with Crippen molar-refractivity contribution in [1.82, 2.24) is 30.3 Å². The van der Waals surface area contributed by atoms with Crippen LogP contribution in [0.4, 0.5) is 0 Å². The van der Waals surface area contributed by atoms with E-state index in [0.717, 1.165) is 18.4 Å². The van der Waals surface area contributed by atoms with Gasteiger partial charge in [-0.1, -0.05) is 6.92 Å². The van der Waals surface area contributed by atoms with Gasteiger partial charge in [-0.25, -0.2) is 23.1 Å². The minimum atomic E-state index is -3.45. The van der Waals surface area contributed by atoms with Crippen LogP contribution < -0.4 is 15.4 Å². The first kappa shape index (κ1) is 18.6. The molecule has 10 heteroatoms. The number of pyridine rings is 1. The van der Waals surface area contributed by atoms with Gasteiger partial charge in [0.25, 0.3) is 0 Å². The van der Waals surface area contributed by atoms with Crippen LogP contribution in [-0.2, 0) is 20.4 Å². The Balaban J connectivity index is 1.98. The van der Waals surface area contributed by atoms with Gasteiger partial charge < -0.3 is 10.6 Å². The average molecular weight is 378 g/mol. The van der Waals surface area contributed by atoms with Crippen LogP contribution in [0.3, 0.4) is 0 Å². The van der Waals surface area contributed by atoms with E-state index in [1.165, 1.54) is 0 Å². The van der Waals surface area contributed by atoms with Gasteiger partial charge in [-0.2, -0.15) is 0 Å². The summed E-state index contributed by atoms with van der Waals surface area (Å²) < 4.78 is 24.8. The topological polar surface area (TPSA) is 126 Å². The Morgan fingerprint density at radius 1 is 1.31 bits per heavy atom. The highest BCUT2D eigenvalue weighted by Crippen LogP contribution is 2.33. The maximum Gasteiger partial charge on any atom is 0.235 e. The molecular weight excluding hydrogens is 356 g/mol. The second-order valence-corrected chi connectivity index (χ2v) is 8.58. The number of sulfonamides is 1.